The van der Waals surface area contributed by atoms with Crippen LogP contribution in [0.3, 0.4) is 0 Å². The van der Waals surface area contributed by atoms with Crippen molar-refractivity contribution in [3.63, 3.8) is 0 Å². The van der Waals surface area contributed by atoms with E-state index in [1.165, 1.54) is 0 Å². The topological polar surface area (TPSA) is 52.6 Å². The Hall–Kier alpha value is -1.84. The lowest BCUT2D eigenvalue weighted by molar-refractivity contribution is -0.131. The average molecular weight is 232 g/mol. The molecule has 1 heterocycles. The summed E-state index contributed by atoms with van der Waals surface area (Å²) in [5.74, 6) is 0.719. The second kappa shape index (κ2) is 3.87. The quantitative estimate of drug-likeness (QED) is 0.693. The predicted molar refractivity (Wildman–Crippen MR) is 59.2 cm³/mol. The van der Waals surface area contributed by atoms with Gasteiger partial charge in [0, 0.05) is 12.8 Å². The Morgan fingerprint density at radius 3 is 2.47 bits per heavy atom. The minimum absolute atomic E-state index is 0.0140. The molecule has 0 radical (unpaired) electrons. The molecule has 1 aliphatic carbocycles. The molecule has 0 aromatic heterocycles. The van der Waals surface area contributed by atoms with Gasteiger partial charge in [0.25, 0.3) is 0 Å². The van der Waals surface area contributed by atoms with Gasteiger partial charge in [-0.25, -0.2) is 0 Å². The summed E-state index contributed by atoms with van der Waals surface area (Å²) < 4.78 is 10.5. The third-order valence-corrected chi connectivity index (χ3v) is 3.22. The van der Waals surface area contributed by atoms with Crippen molar-refractivity contribution < 1.29 is 19.1 Å². The molecule has 1 fully saturated rings. The number of fused-ring (bicyclic) bond motifs is 1. The molecule has 1 saturated carbocycles. The van der Waals surface area contributed by atoms with E-state index in [4.69, 9.17) is 9.47 Å². The Balaban J connectivity index is 1.97. The normalized spacial score (nSPS) is 19.8. The molecule has 17 heavy (non-hydrogen) atoms. The zero-order valence-corrected chi connectivity index (χ0v) is 9.27. The zero-order chi connectivity index (χ0) is 11.8. The first-order valence-electron chi connectivity index (χ1n) is 5.71. The number of ketones is 2. The van der Waals surface area contributed by atoms with E-state index in [-0.39, 0.29) is 18.4 Å². The monoisotopic (exact) mass is 232 g/mol. The molecule has 0 amide bonds. The fraction of sp³-hybridized carbons (Fsp3) is 0.385. The smallest absolute Gasteiger partial charge is 0.231 e. The lowest BCUT2D eigenvalue weighted by Gasteiger charge is -2.19. The molecule has 88 valence electrons. The molecular weight excluding hydrogens is 220 g/mol. The lowest BCUT2D eigenvalue weighted by Crippen LogP contribution is -2.26. The van der Waals surface area contributed by atoms with Crippen LogP contribution in [-0.4, -0.2) is 18.4 Å². The summed E-state index contributed by atoms with van der Waals surface area (Å²) in [4.78, 5) is 23.6. The Kier molecular flexibility index (Phi) is 2.35. The standard InChI is InChI=1S/C13H12O4/c14-9-2-1-3-10(15)13(9)8-4-5-11-12(6-8)17-7-16-11/h4-6,13H,1-3,7H2. The predicted octanol–water partition coefficient (Wildman–Crippen LogP) is 1.82. The van der Waals surface area contributed by atoms with Crippen molar-refractivity contribution in [3.8, 4) is 11.5 Å². The molecular formula is C13H12O4. The van der Waals surface area contributed by atoms with Crippen molar-refractivity contribution in [1.29, 1.82) is 0 Å². The van der Waals surface area contributed by atoms with E-state index in [1.807, 2.05) is 0 Å². The van der Waals surface area contributed by atoms with Crippen LogP contribution in [0, 0.1) is 0 Å². The van der Waals surface area contributed by atoms with Crippen molar-refractivity contribution in [3.05, 3.63) is 23.8 Å². The van der Waals surface area contributed by atoms with E-state index in [0.717, 1.165) is 5.56 Å². The maximum absolute atomic E-state index is 11.8. The third-order valence-electron chi connectivity index (χ3n) is 3.22. The second-order valence-electron chi connectivity index (χ2n) is 4.33. The summed E-state index contributed by atoms with van der Waals surface area (Å²) in [5.41, 5.74) is 0.726. The number of carbonyl (C=O) groups excluding carboxylic acids is 2. The highest BCUT2D eigenvalue weighted by Crippen LogP contribution is 2.36. The van der Waals surface area contributed by atoms with E-state index in [2.05, 4.69) is 0 Å². The van der Waals surface area contributed by atoms with Crippen molar-refractivity contribution in [1.82, 2.24) is 0 Å². The molecule has 0 bridgehead atoms. The van der Waals surface area contributed by atoms with Gasteiger partial charge in [0.15, 0.2) is 11.5 Å². The number of hydrogen-bond acceptors (Lipinski definition) is 4. The Bertz CT molecular complexity index is 476. The summed E-state index contributed by atoms with van der Waals surface area (Å²) in [6.07, 6.45) is 1.66. The van der Waals surface area contributed by atoms with Crippen molar-refractivity contribution in [2.45, 2.75) is 25.2 Å². The third kappa shape index (κ3) is 1.69. The Labute approximate surface area is 98.5 Å². The van der Waals surface area contributed by atoms with Crippen LogP contribution >= 0.6 is 0 Å². The first kappa shape index (κ1) is 10.3. The molecule has 0 atom stereocenters. The summed E-state index contributed by atoms with van der Waals surface area (Å²) >= 11 is 0. The van der Waals surface area contributed by atoms with Crippen LogP contribution < -0.4 is 9.47 Å². The fourth-order valence-corrected chi connectivity index (χ4v) is 2.37. The number of benzene rings is 1. The van der Waals surface area contributed by atoms with Crippen LogP contribution in [0.2, 0.25) is 0 Å². The van der Waals surface area contributed by atoms with Crippen molar-refractivity contribution >= 4 is 11.6 Å². The maximum atomic E-state index is 11.8. The highest BCUT2D eigenvalue weighted by Gasteiger charge is 2.32. The molecule has 4 heteroatoms. The summed E-state index contributed by atoms with van der Waals surface area (Å²) in [6, 6.07) is 5.28. The molecule has 3 rings (SSSR count). The van der Waals surface area contributed by atoms with E-state index < -0.39 is 5.92 Å². The maximum Gasteiger partial charge on any atom is 0.231 e. The van der Waals surface area contributed by atoms with Gasteiger partial charge in [0.05, 0.1) is 0 Å². The number of Topliss-reactive ketones (excluding diaryl/α,β-unsaturated/α-hetero) is 2. The van der Waals surface area contributed by atoms with Gasteiger partial charge in [-0.2, -0.15) is 0 Å². The Morgan fingerprint density at radius 1 is 1.00 bits per heavy atom. The van der Waals surface area contributed by atoms with Gasteiger partial charge < -0.3 is 9.47 Å². The molecule has 1 aromatic carbocycles. The minimum atomic E-state index is -0.599. The van der Waals surface area contributed by atoms with Crippen LogP contribution in [0.25, 0.3) is 0 Å². The summed E-state index contributed by atoms with van der Waals surface area (Å²) in [6.45, 7) is 0.200. The lowest BCUT2D eigenvalue weighted by atomic mass is 9.82. The molecule has 0 spiro atoms. The van der Waals surface area contributed by atoms with Gasteiger partial charge in [0.1, 0.15) is 17.5 Å². The van der Waals surface area contributed by atoms with Gasteiger partial charge in [-0.15, -0.1) is 0 Å². The molecule has 0 unspecified atom stereocenters. The highest BCUT2D eigenvalue weighted by molar-refractivity contribution is 6.09. The van der Waals surface area contributed by atoms with Gasteiger partial charge in [0.2, 0.25) is 6.79 Å². The zero-order valence-electron chi connectivity index (χ0n) is 9.27. The van der Waals surface area contributed by atoms with E-state index in [9.17, 15) is 9.59 Å². The number of rotatable bonds is 1. The highest BCUT2D eigenvalue weighted by atomic mass is 16.7. The summed E-state index contributed by atoms with van der Waals surface area (Å²) in [5, 5.41) is 0. The average Bonchev–Trinajstić information content (AvgIpc) is 2.76. The number of ether oxygens (including phenoxy) is 2. The van der Waals surface area contributed by atoms with Crippen LogP contribution in [-0.2, 0) is 9.59 Å². The van der Waals surface area contributed by atoms with E-state index in [0.29, 0.717) is 30.8 Å². The first-order chi connectivity index (χ1) is 8.25. The van der Waals surface area contributed by atoms with E-state index >= 15 is 0 Å². The molecule has 0 saturated heterocycles. The van der Waals surface area contributed by atoms with Crippen LogP contribution in [0.5, 0.6) is 11.5 Å². The summed E-state index contributed by atoms with van der Waals surface area (Å²) in [7, 11) is 0. The number of hydrogen-bond donors (Lipinski definition) is 0. The van der Waals surface area contributed by atoms with Crippen LogP contribution in [0.4, 0.5) is 0 Å². The van der Waals surface area contributed by atoms with Crippen LogP contribution in [0.1, 0.15) is 30.7 Å². The van der Waals surface area contributed by atoms with Crippen molar-refractivity contribution in [2.75, 3.05) is 6.79 Å². The van der Waals surface area contributed by atoms with E-state index in [1.54, 1.807) is 18.2 Å². The van der Waals surface area contributed by atoms with Crippen LogP contribution in [0.15, 0.2) is 18.2 Å². The molecule has 1 aromatic rings. The fourth-order valence-electron chi connectivity index (χ4n) is 2.37. The van der Waals surface area contributed by atoms with Gasteiger partial charge >= 0.3 is 0 Å². The first-order valence-corrected chi connectivity index (χ1v) is 5.71. The molecule has 4 nitrogen and oxygen atoms in total. The second-order valence-corrected chi connectivity index (χ2v) is 4.33. The van der Waals surface area contributed by atoms with Crippen molar-refractivity contribution in [2.24, 2.45) is 0 Å². The molecule has 0 N–H and O–H groups in total. The minimum Gasteiger partial charge on any atom is -0.454 e. The molecule has 2 aliphatic rings. The SMILES string of the molecule is O=C1CCCC(=O)C1c1ccc2c(c1)OCO2. The largest absolute Gasteiger partial charge is 0.454 e. The Morgan fingerprint density at radius 2 is 1.71 bits per heavy atom. The van der Waals surface area contributed by atoms with Gasteiger partial charge in [-0.1, -0.05) is 6.07 Å². The molecule has 1 aliphatic heterocycles. The number of carbonyl (C=O) groups is 2. The van der Waals surface area contributed by atoms with Gasteiger partial charge in [-0.3, -0.25) is 9.59 Å². The van der Waals surface area contributed by atoms with Gasteiger partial charge in [-0.05, 0) is 24.1 Å².